The van der Waals surface area contributed by atoms with Crippen molar-refractivity contribution in [1.29, 1.82) is 0 Å². The van der Waals surface area contributed by atoms with Crippen molar-refractivity contribution >= 4 is 23.5 Å². The van der Waals surface area contributed by atoms with Crippen molar-refractivity contribution in [3.8, 4) is 0 Å². The van der Waals surface area contributed by atoms with Crippen LogP contribution in [0.2, 0.25) is 0 Å². The third-order valence-electron chi connectivity index (χ3n) is 1.21. The van der Waals surface area contributed by atoms with Crippen molar-refractivity contribution in [2.45, 2.75) is 0 Å². The minimum absolute atomic E-state index is 1.20. The maximum absolute atomic E-state index is 3.74. The van der Waals surface area contributed by atoms with Crippen LogP contribution >= 0.6 is 23.5 Å². The first-order valence-electron chi connectivity index (χ1n) is 3.13. The van der Waals surface area contributed by atoms with Gasteiger partial charge in [-0.25, -0.2) is 0 Å². The molecule has 0 bridgehead atoms. The Hall–Kier alpha value is -0.0800. The summed E-state index contributed by atoms with van der Waals surface area (Å²) in [5.74, 6) is 2.40. The van der Waals surface area contributed by atoms with E-state index in [1.807, 2.05) is 35.7 Å². The van der Waals surface area contributed by atoms with E-state index in [0.717, 1.165) is 0 Å². The molecule has 0 radical (unpaired) electrons. The molecule has 2 heteroatoms. The monoisotopic (exact) mass is 170 g/mol. The molecule has 0 nitrogen and oxygen atoms in total. The predicted molar refractivity (Wildman–Crippen MR) is 52.3 cm³/mol. The third-order valence-corrected chi connectivity index (χ3v) is 3.81. The summed E-state index contributed by atoms with van der Waals surface area (Å²) in [7, 11) is 0. The van der Waals surface area contributed by atoms with Gasteiger partial charge in [0.25, 0.3) is 0 Å². The lowest BCUT2D eigenvalue weighted by atomic mass is 10.4. The molecule has 0 amide bonds. The van der Waals surface area contributed by atoms with Crippen LogP contribution in [0.1, 0.15) is 0 Å². The standard InChI is InChI=1S/C8H10S2/c1-3-7-8(4-2)10-6-5-9-7/h3-4H,1-2,5-6H2. The summed E-state index contributed by atoms with van der Waals surface area (Å²) < 4.78 is 0. The van der Waals surface area contributed by atoms with Gasteiger partial charge in [0.1, 0.15) is 0 Å². The van der Waals surface area contributed by atoms with Gasteiger partial charge in [-0.1, -0.05) is 25.3 Å². The number of rotatable bonds is 2. The highest BCUT2D eigenvalue weighted by atomic mass is 32.2. The molecule has 0 aromatic rings. The zero-order chi connectivity index (χ0) is 7.40. The normalized spacial score (nSPS) is 18.8. The molecule has 54 valence electrons. The minimum Gasteiger partial charge on any atom is -0.124 e. The molecule has 0 aromatic heterocycles. The lowest BCUT2D eigenvalue weighted by molar-refractivity contribution is 1.54. The van der Waals surface area contributed by atoms with Gasteiger partial charge in [-0.2, -0.15) is 0 Å². The fourth-order valence-corrected chi connectivity index (χ4v) is 2.91. The van der Waals surface area contributed by atoms with Crippen LogP contribution in [0.25, 0.3) is 0 Å². The zero-order valence-electron chi connectivity index (χ0n) is 5.80. The van der Waals surface area contributed by atoms with Gasteiger partial charge in [-0.15, -0.1) is 23.5 Å². The van der Waals surface area contributed by atoms with Crippen molar-refractivity contribution < 1.29 is 0 Å². The van der Waals surface area contributed by atoms with Gasteiger partial charge in [0.2, 0.25) is 0 Å². The summed E-state index contributed by atoms with van der Waals surface area (Å²) in [6.07, 6.45) is 3.82. The van der Waals surface area contributed by atoms with Gasteiger partial charge < -0.3 is 0 Å². The molecule has 1 rings (SSSR count). The SMILES string of the molecule is C=CC1=C(C=C)SCCS1. The lowest BCUT2D eigenvalue weighted by Crippen LogP contribution is -1.93. The molecule has 1 aliphatic rings. The highest BCUT2D eigenvalue weighted by Gasteiger charge is 2.07. The van der Waals surface area contributed by atoms with Crippen LogP contribution in [-0.4, -0.2) is 11.5 Å². The highest BCUT2D eigenvalue weighted by molar-refractivity contribution is 8.10. The van der Waals surface area contributed by atoms with Gasteiger partial charge >= 0.3 is 0 Å². The topological polar surface area (TPSA) is 0 Å². The van der Waals surface area contributed by atoms with E-state index in [4.69, 9.17) is 0 Å². The molecule has 1 aliphatic heterocycles. The molecule has 1 heterocycles. The predicted octanol–water partition coefficient (Wildman–Crippen LogP) is 3.05. The van der Waals surface area contributed by atoms with Crippen molar-refractivity contribution in [2.75, 3.05) is 11.5 Å². The molecule has 10 heavy (non-hydrogen) atoms. The van der Waals surface area contributed by atoms with Crippen molar-refractivity contribution in [2.24, 2.45) is 0 Å². The average Bonchev–Trinajstić information content (AvgIpc) is 2.04. The Balaban J connectivity index is 2.81. The van der Waals surface area contributed by atoms with Crippen LogP contribution in [0.4, 0.5) is 0 Å². The maximum Gasteiger partial charge on any atom is 0.0202 e. The molecule has 0 spiro atoms. The van der Waals surface area contributed by atoms with Gasteiger partial charge in [0.15, 0.2) is 0 Å². The summed E-state index contributed by atoms with van der Waals surface area (Å²) in [6, 6.07) is 0. The van der Waals surface area contributed by atoms with E-state index in [1.54, 1.807) is 0 Å². The minimum atomic E-state index is 1.20. The van der Waals surface area contributed by atoms with Crippen molar-refractivity contribution in [3.05, 3.63) is 35.1 Å². The van der Waals surface area contributed by atoms with Gasteiger partial charge in [-0.3, -0.25) is 0 Å². The quantitative estimate of drug-likeness (QED) is 0.624. The summed E-state index contributed by atoms with van der Waals surface area (Å²) in [5.41, 5.74) is 0. The fraction of sp³-hybridized carbons (Fsp3) is 0.250. The maximum atomic E-state index is 3.74. The Morgan fingerprint density at radius 1 is 1.00 bits per heavy atom. The van der Waals surface area contributed by atoms with E-state index in [-0.39, 0.29) is 0 Å². The first-order valence-corrected chi connectivity index (χ1v) is 5.10. The van der Waals surface area contributed by atoms with E-state index in [9.17, 15) is 0 Å². The molecule has 0 atom stereocenters. The van der Waals surface area contributed by atoms with E-state index >= 15 is 0 Å². The number of hydrogen-bond acceptors (Lipinski definition) is 2. The first kappa shape index (κ1) is 8.02. The summed E-state index contributed by atoms with van der Waals surface area (Å²) in [5, 5.41) is 0. The molecule has 0 saturated heterocycles. The molecular formula is C8H10S2. The Bertz CT molecular complexity index is 160. The Kier molecular flexibility index (Phi) is 3.16. The summed E-state index contributed by atoms with van der Waals surface area (Å²) in [4.78, 5) is 2.57. The van der Waals surface area contributed by atoms with Gasteiger partial charge in [0, 0.05) is 21.3 Å². The van der Waals surface area contributed by atoms with Crippen LogP contribution in [0.15, 0.2) is 35.1 Å². The lowest BCUT2D eigenvalue weighted by Gasteiger charge is -2.13. The second-order valence-corrected chi connectivity index (χ2v) is 4.11. The van der Waals surface area contributed by atoms with E-state index in [0.29, 0.717) is 0 Å². The Morgan fingerprint density at radius 2 is 1.40 bits per heavy atom. The molecule has 0 aromatic carbocycles. The smallest absolute Gasteiger partial charge is 0.0202 e. The average molecular weight is 170 g/mol. The largest absolute Gasteiger partial charge is 0.124 e. The molecule has 0 aliphatic carbocycles. The van der Waals surface area contributed by atoms with E-state index in [2.05, 4.69) is 13.2 Å². The van der Waals surface area contributed by atoms with Crippen molar-refractivity contribution in [1.82, 2.24) is 0 Å². The van der Waals surface area contributed by atoms with Gasteiger partial charge in [0.05, 0.1) is 0 Å². The van der Waals surface area contributed by atoms with Crippen LogP contribution in [0.5, 0.6) is 0 Å². The number of hydrogen-bond donors (Lipinski definition) is 0. The molecular weight excluding hydrogens is 160 g/mol. The summed E-state index contributed by atoms with van der Waals surface area (Å²) in [6.45, 7) is 7.49. The fourth-order valence-electron chi connectivity index (χ4n) is 0.765. The Labute approximate surface area is 70.5 Å². The van der Waals surface area contributed by atoms with E-state index in [1.165, 1.54) is 21.3 Å². The van der Waals surface area contributed by atoms with Gasteiger partial charge in [-0.05, 0) is 0 Å². The molecule has 0 unspecified atom stereocenters. The third kappa shape index (κ3) is 1.70. The van der Waals surface area contributed by atoms with Crippen LogP contribution < -0.4 is 0 Å². The first-order chi connectivity index (χ1) is 4.88. The molecule has 0 fully saturated rings. The van der Waals surface area contributed by atoms with Crippen molar-refractivity contribution in [3.63, 3.8) is 0 Å². The number of thioether (sulfide) groups is 2. The summed E-state index contributed by atoms with van der Waals surface area (Å²) >= 11 is 3.73. The highest BCUT2D eigenvalue weighted by Crippen LogP contribution is 2.34. The molecule has 0 saturated carbocycles. The number of allylic oxidation sites excluding steroid dienone is 2. The van der Waals surface area contributed by atoms with Crippen LogP contribution in [-0.2, 0) is 0 Å². The second kappa shape index (κ2) is 3.94. The second-order valence-electron chi connectivity index (χ2n) is 1.83. The van der Waals surface area contributed by atoms with Crippen LogP contribution in [0, 0.1) is 0 Å². The zero-order valence-corrected chi connectivity index (χ0v) is 7.43. The van der Waals surface area contributed by atoms with E-state index < -0.39 is 0 Å². The Morgan fingerprint density at radius 3 is 1.70 bits per heavy atom. The van der Waals surface area contributed by atoms with Crippen LogP contribution in [0.3, 0.4) is 0 Å². The molecule has 0 N–H and O–H groups in total.